The van der Waals surface area contributed by atoms with Crippen molar-refractivity contribution in [3.63, 3.8) is 0 Å². The molecule has 110 valence electrons. The molecule has 0 fully saturated rings. The van der Waals surface area contributed by atoms with Gasteiger partial charge in [0.1, 0.15) is 11.6 Å². The van der Waals surface area contributed by atoms with Gasteiger partial charge in [-0.3, -0.25) is 4.79 Å². The zero-order valence-corrected chi connectivity index (χ0v) is 13.0. The van der Waals surface area contributed by atoms with Gasteiger partial charge in [-0.15, -0.1) is 0 Å². The largest absolute Gasteiger partial charge is 0.369 e. The van der Waals surface area contributed by atoms with Gasteiger partial charge in [0.05, 0.1) is 10.6 Å². The first-order valence-corrected chi connectivity index (χ1v) is 7.03. The van der Waals surface area contributed by atoms with Gasteiger partial charge in [0.2, 0.25) is 0 Å². The lowest BCUT2D eigenvalue weighted by Crippen LogP contribution is -2.14. The Hall–Kier alpha value is -2.14. The maximum absolute atomic E-state index is 12.2. The monoisotopic (exact) mass is 304 g/mol. The third-order valence-electron chi connectivity index (χ3n) is 2.79. The number of rotatable bonds is 4. The molecule has 21 heavy (non-hydrogen) atoms. The maximum Gasteiger partial charge on any atom is 0.258 e. The Morgan fingerprint density at radius 1 is 1.29 bits per heavy atom. The first-order chi connectivity index (χ1) is 9.99. The van der Waals surface area contributed by atoms with E-state index in [9.17, 15) is 4.79 Å². The summed E-state index contributed by atoms with van der Waals surface area (Å²) >= 11 is 6.09. The quantitative estimate of drug-likeness (QED) is 0.908. The average Bonchev–Trinajstić information content (AvgIpc) is 2.40. The summed E-state index contributed by atoms with van der Waals surface area (Å²) in [5.41, 5.74) is 2.28. The molecule has 0 bridgehead atoms. The maximum atomic E-state index is 12.2. The highest BCUT2D eigenvalue weighted by atomic mass is 35.5. The van der Waals surface area contributed by atoms with Gasteiger partial charge in [-0.05, 0) is 44.5 Å². The van der Waals surface area contributed by atoms with Crippen LogP contribution in [0.4, 0.5) is 11.6 Å². The van der Waals surface area contributed by atoms with Gasteiger partial charge >= 0.3 is 0 Å². The van der Waals surface area contributed by atoms with Gasteiger partial charge in [-0.25, -0.2) is 9.97 Å². The standard InChI is InChI=1S/C15H17ClN4O/c1-4-17-14-12(16)7-11(8-18-14)15(21)20-13-6-9(2)5-10(3)19-13/h5-8H,4H2,1-3H3,(H,17,18)(H,19,20,21). The molecule has 0 atom stereocenters. The van der Waals surface area contributed by atoms with Crippen molar-refractivity contribution in [2.45, 2.75) is 20.8 Å². The molecule has 2 N–H and O–H groups in total. The highest BCUT2D eigenvalue weighted by Gasteiger charge is 2.11. The van der Waals surface area contributed by atoms with Gasteiger partial charge in [0, 0.05) is 18.4 Å². The number of amides is 1. The second-order valence-corrected chi connectivity index (χ2v) is 5.12. The van der Waals surface area contributed by atoms with E-state index in [1.54, 1.807) is 6.07 Å². The number of hydrogen-bond acceptors (Lipinski definition) is 4. The summed E-state index contributed by atoms with van der Waals surface area (Å²) in [6.07, 6.45) is 1.49. The zero-order chi connectivity index (χ0) is 15.4. The molecule has 0 radical (unpaired) electrons. The fraction of sp³-hybridized carbons (Fsp3) is 0.267. The van der Waals surface area contributed by atoms with Crippen LogP contribution in [-0.2, 0) is 0 Å². The smallest absolute Gasteiger partial charge is 0.258 e. The van der Waals surface area contributed by atoms with Gasteiger partial charge < -0.3 is 10.6 Å². The van der Waals surface area contributed by atoms with Crippen molar-refractivity contribution in [2.75, 3.05) is 17.2 Å². The van der Waals surface area contributed by atoms with E-state index in [2.05, 4.69) is 20.6 Å². The lowest BCUT2D eigenvalue weighted by molar-refractivity contribution is 0.102. The Bertz CT molecular complexity index is 652. The Balaban J connectivity index is 2.18. The minimum absolute atomic E-state index is 0.287. The lowest BCUT2D eigenvalue weighted by Gasteiger charge is -2.08. The Labute approximate surface area is 128 Å². The Morgan fingerprint density at radius 2 is 2.05 bits per heavy atom. The van der Waals surface area contributed by atoms with Crippen molar-refractivity contribution in [1.29, 1.82) is 0 Å². The molecule has 0 unspecified atom stereocenters. The lowest BCUT2D eigenvalue weighted by atomic mass is 10.2. The van der Waals surface area contributed by atoms with Crippen molar-refractivity contribution < 1.29 is 4.79 Å². The molecule has 0 saturated heterocycles. The Morgan fingerprint density at radius 3 is 2.67 bits per heavy atom. The fourth-order valence-corrected chi connectivity index (χ4v) is 2.19. The Kier molecular flexibility index (Phi) is 4.75. The average molecular weight is 305 g/mol. The molecular weight excluding hydrogens is 288 g/mol. The summed E-state index contributed by atoms with van der Waals surface area (Å²) < 4.78 is 0. The molecule has 2 rings (SSSR count). The van der Waals surface area contributed by atoms with Crippen LogP contribution in [0.5, 0.6) is 0 Å². The second-order valence-electron chi connectivity index (χ2n) is 4.71. The van der Waals surface area contributed by atoms with Gasteiger partial charge in [0.15, 0.2) is 0 Å². The summed E-state index contributed by atoms with van der Waals surface area (Å²) in [5, 5.41) is 6.18. The van der Waals surface area contributed by atoms with Crippen LogP contribution < -0.4 is 10.6 Å². The molecule has 2 heterocycles. The predicted molar refractivity (Wildman–Crippen MR) is 85.1 cm³/mol. The zero-order valence-electron chi connectivity index (χ0n) is 12.2. The topological polar surface area (TPSA) is 66.9 Å². The number of nitrogens with one attached hydrogen (secondary N) is 2. The van der Waals surface area contributed by atoms with E-state index in [1.807, 2.05) is 32.9 Å². The molecule has 5 nitrogen and oxygen atoms in total. The molecule has 2 aromatic rings. The highest BCUT2D eigenvalue weighted by molar-refractivity contribution is 6.33. The van der Waals surface area contributed by atoms with Crippen molar-refractivity contribution in [1.82, 2.24) is 9.97 Å². The van der Waals surface area contributed by atoms with Crippen molar-refractivity contribution >= 4 is 29.1 Å². The molecule has 0 aliphatic heterocycles. The summed E-state index contributed by atoms with van der Waals surface area (Å²) in [6, 6.07) is 5.34. The van der Waals surface area contributed by atoms with Crippen LogP contribution in [0.25, 0.3) is 0 Å². The van der Waals surface area contributed by atoms with E-state index in [-0.39, 0.29) is 5.91 Å². The first-order valence-electron chi connectivity index (χ1n) is 6.65. The van der Waals surface area contributed by atoms with E-state index in [1.165, 1.54) is 6.20 Å². The number of hydrogen-bond donors (Lipinski definition) is 2. The number of nitrogens with zero attached hydrogens (tertiary/aromatic N) is 2. The van der Waals surface area contributed by atoms with E-state index >= 15 is 0 Å². The number of halogens is 1. The molecule has 2 aromatic heterocycles. The van der Waals surface area contributed by atoms with Crippen LogP contribution in [0, 0.1) is 13.8 Å². The van der Waals surface area contributed by atoms with Gasteiger partial charge in [0.25, 0.3) is 5.91 Å². The third kappa shape index (κ3) is 3.92. The molecule has 0 aliphatic carbocycles. The van der Waals surface area contributed by atoms with Gasteiger partial charge in [-0.2, -0.15) is 0 Å². The van der Waals surface area contributed by atoms with Crippen LogP contribution >= 0.6 is 11.6 Å². The third-order valence-corrected chi connectivity index (χ3v) is 3.08. The predicted octanol–water partition coefficient (Wildman–Crippen LogP) is 3.43. The van der Waals surface area contributed by atoms with Gasteiger partial charge in [-0.1, -0.05) is 11.6 Å². The first kappa shape index (κ1) is 15.3. The number of pyridine rings is 2. The molecule has 1 amide bonds. The SMILES string of the molecule is CCNc1ncc(C(=O)Nc2cc(C)cc(C)n2)cc1Cl. The minimum Gasteiger partial charge on any atom is -0.369 e. The van der Waals surface area contributed by atoms with Crippen molar-refractivity contribution in [3.8, 4) is 0 Å². The second kappa shape index (κ2) is 6.54. The summed E-state index contributed by atoms with van der Waals surface area (Å²) in [7, 11) is 0. The number of aryl methyl sites for hydroxylation is 2. The highest BCUT2D eigenvalue weighted by Crippen LogP contribution is 2.20. The molecule has 0 aliphatic rings. The van der Waals surface area contributed by atoms with E-state index in [0.29, 0.717) is 28.8 Å². The van der Waals surface area contributed by atoms with Crippen LogP contribution in [0.1, 0.15) is 28.5 Å². The molecular formula is C15H17ClN4O. The van der Waals surface area contributed by atoms with E-state index in [4.69, 9.17) is 11.6 Å². The molecule has 0 spiro atoms. The summed E-state index contributed by atoms with van der Waals surface area (Å²) in [5.74, 6) is 0.801. The van der Waals surface area contributed by atoms with Crippen LogP contribution in [-0.4, -0.2) is 22.4 Å². The fourth-order valence-electron chi connectivity index (χ4n) is 1.95. The van der Waals surface area contributed by atoms with Crippen molar-refractivity contribution in [3.05, 3.63) is 46.2 Å². The summed E-state index contributed by atoms with van der Waals surface area (Å²) in [4.78, 5) is 20.6. The molecule has 6 heteroatoms. The number of aromatic nitrogens is 2. The van der Waals surface area contributed by atoms with E-state index < -0.39 is 0 Å². The van der Waals surface area contributed by atoms with Crippen molar-refractivity contribution in [2.24, 2.45) is 0 Å². The molecule has 0 saturated carbocycles. The van der Waals surface area contributed by atoms with Crippen LogP contribution in [0.3, 0.4) is 0 Å². The number of carbonyl (C=O) groups is 1. The number of carbonyl (C=O) groups excluding carboxylic acids is 1. The summed E-state index contributed by atoms with van der Waals surface area (Å²) in [6.45, 7) is 6.50. The van der Waals surface area contributed by atoms with E-state index in [0.717, 1.165) is 11.3 Å². The molecule has 0 aromatic carbocycles. The minimum atomic E-state index is -0.287. The normalized spacial score (nSPS) is 10.3. The van der Waals surface area contributed by atoms with Crippen LogP contribution in [0.2, 0.25) is 5.02 Å². The van der Waals surface area contributed by atoms with Crippen LogP contribution in [0.15, 0.2) is 24.4 Å². The number of anilines is 2.